The molecule has 1 fully saturated rings. The van der Waals surface area contributed by atoms with E-state index in [0.29, 0.717) is 11.3 Å². The maximum atomic E-state index is 12.5. The highest BCUT2D eigenvalue weighted by molar-refractivity contribution is 5.70. The van der Waals surface area contributed by atoms with Crippen LogP contribution in [0.3, 0.4) is 0 Å². The molecule has 0 aromatic carbocycles. The monoisotopic (exact) mass is 336 g/mol. The normalized spacial score (nSPS) is 24.5. The van der Waals surface area contributed by atoms with E-state index in [1.54, 1.807) is 20.8 Å². The Hall–Kier alpha value is -2.46. The van der Waals surface area contributed by atoms with Crippen LogP contribution in [0.5, 0.6) is 0 Å². The van der Waals surface area contributed by atoms with Gasteiger partial charge in [0.1, 0.15) is 36.1 Å². The molecule has 0 aliphatic carbocycles. The molecule has 3 heterocycles. The first kappa shape index (κ1) is 16.4. The van der Waals surface area contributed by atoms with E-state index in [-0.39, 0.29) is 12.5 Å². The van der Waals surface area contributed by atoms with Gasteiger partial charge in [-0.05, 0) is 20.8 Å². The van der Waals surface area contributed by atoms with E-state index in [9.17, 15) is 15.0 Å². The Labute approximate surface area is 137 Å². The number of rotatable bonds is 1. The Balaban J connectivity index is 2.01. The van der Waals surface area contributed by atoms with Crippen molar-refractivity contribution in [3.8, 4) is 0 Å². The molecule has 2 aromatic heterocycles. The molecule has 0 radical (unpaired) electrons. The van der Waals surface area contributed by atoms with Gasteiger partial charge < -0.3 is 20.7 Å². The van der Waals surface area contributed by atoms with Crippen LogP contribution in [0, 0.1) is 0 Å². The molecule has 1 aliphatic rings. The van der Waals surface area contributed by atoms with E-state index in [0.717, 1.165) is 0 Å². The first-order valence-electron chi connectivity index (χ1n) is 7.48. The third kappa shape index (κ3) is 2.74. The summed E-state index contributed by atoms with van der Waals surface area (Å²) in [7, 11) is 0. The predicted molar refractivity (Wildman–Crippen MR) is 82.9 cm³/mol. The number of aliphatic hydroxyl groups is 2. The van der Waals surface area contributed by atoms with Crippen molar-refractivity contribution in [1.82, 2.24) is 24.3 Å². The average molecular weight is 336 g/mol. The van der Waals surface area contributed by atoms with Crippen LogP contribution in [-0.2, 0) is 4.74 Å². The lowest BCUT2D eigenvalue weighted by atomic mass is 10.1. The molecule has 2 aromatic rings. The van der Waals surface area contributed by atoms with Crippen molar-refractivity contribution in [2.45, 2.75) is 44.6 Å². The summed E-state index contributed by atoms with van der Waals surface area (Å²) in [4.78, 5) is 25.9. The van der Waals surface area contributed by atoms with Gasteiger partial charge in [0, 0.05) is 0 Å². The van der Waals surface area contributed by atoms with Crippen molar-refractivity contribution < 1.29 is 19.7 Å². The summed E-state index contributed by atoms with van der Waals surface area (Å²) in [5.74, 6) is 0.176. The van der Waals surface area contributed by atoms with Gasteiger partial charge in [0.2, 0.25) is 5.95 Å². The largest absolute Gasteiger partial charge is 0.444 e. The SMILES string of the molecule is CC(C)(C)OC(=O)N1C[C@H](O)[C@@H](O)[C@H]1c1ncn2c(N)ncnc12. The second kappa shape index (κ2) is 5.56. The molecular formula is C14H20N6O4. The smallest absolute Gasteiger partial charge is 0.411 e. The van der Waals surface area contributed by atoms with Crippen molar-refractivity contribution in [1.29, 1.82) is 0 Å². The van der Waals surface area contributed by atoms with Crippen LogP contribution in [0.1, 0.15) is 32.5 Å². The van der Waals surface area contributed by atoms with Crippen LogP contribution < -0.4 is 5.73 Å². The number of fused-ring (bicyclic) bond motifs is 1. The van der Waals surface area contributed by atoms with Crippen molar-refractivity contribution >= 4 is 17.7 Å². The van der Waals surface area contributed by atoms with Gasteiger partial charge in [0.25, 0.3) is 0 Å². The summed E-state index contributed by atoms with van der Waals surface area (Å²) < 4.78 is 6.80. The minimum atomic E-state index is -1.22. The molecule has 0 saturated carbocycles. The zero-order valence-electron chi connectivity index (χ0n) is 13.6. The van der Waals surface area contributed by atoms with Gasteiger partial charge in [-0.15, -0.1) is 0 Å². The molecule has 1 amide bonds. The summed E-state index contributed by atoms with van der Waals surface area (Å²) in [6, 6.07) is -0.894. The number of likely N-dealkylation sites (tertiary alicyclic amines) is 1. The lowest BCUT2D eigenvalue weighted by molar-refractivity contribution is 0.0129. The molecule has 0 spiro atoms. The van der Waals surface area contributed by atoms with Crippen molar-refractivity contribution in [3.05, 3.63) is 18.3 Å². The fourth-order valence-corrected chi connectivity index (χ4v) is 2.70. The Morgan fingerprint density at radius 3 is 2.71 bits per heavy atom. The lowest BCUT2D eigenvalue weighted by Gasteiger charge is -2.28. The minimum Gasteiger partial charge on any atom is -0.444 e. The number of carbonyl (C=O) groups excluding carboxylic acids is 1. The fourth-order valence-electron chi connectivity index (χ4n) is 2.70. The number of carbonyl (C=O) groups is 1. The number of nitrogens with zero attached hydrogens (tertiary/aromatic N) is 5. The standard InChI is InChI=1S/C14H20N6O4/c1-14(2,3)24-13(23)19-4-7(21)10(22)9(19)8-11-16-5-17-12(15)20(11)6-18-8/h5-7,9-10,21-22H,4H2,1-3H3,(H2,15,16,17)/t7-,9+,10+/m0/s1. The molecule has 24 heavy (non-hydrogen) atoms. The molecule has 10 heteroatoms. The molecule has 0 bridgehead atoms. The quantitative estimate of drug-likeness (QED) is 0.646. The number of β-amino-alcohol motifs (C(OH)–C–C–N with tert-alkyl or cyclic N) is 1. The molecule has 1 aliphatic heterocycles. The zero-order chi connectivity index (χ0) is 17.6. The highest BCUT2D eigenvalue weighted by Crippen LogP contribution is 2.34. The fraction of sp³-hybridized carbons (Fsp3) is 0.571. The molecule has 1 saturated heterocycles. The number of anilines is 1. The highest BCUT2D eigenvalue weighted by atomic mass is 16.6. The Kier molecular flexibility index (Phi) is 3.80. The van der Waals surface area contributed by atoms with E-state index in [4.69, 9.17) is 10.5 Å². The summed E-state index contributed by atoms with van der Waals surface area (Å²) in [6.07, 6.45) is -0.298. The van der Waals surface area contributed by atoms with E-state index in [1.165, 1.54) is 22.0 Å². The van der Waals surface area contributed by atoms with Gasteiger partial charge in [-0.1, -0.05) is 0 Å². The molecule has 130 valence electrons. The Bertz CT molecular complexity index is 770. The van der Waals surface area contributed by atoms with Gasteiger partial charge >= 0.3 is 6.09 Å². The first-order valence-corrected chi connectivity index (χ1v) is 7.48. The molecule has 4 N–H and O–H groups in total. The number of hydrogen-bond acceptors (Lipinski definition) is 8. The third-order valence-corrected chi connectivity index (χ3v) is 3.73. The zero-order valence-corrected chi connectivity index (χ0v) is 13.6. The number of nitrogens with two attached hydrogens (primary N) is 1. The third-order valence-electron chi connectivity index (χ3n) is 3.73. The van der Waals surface area contributed by atoms with Gasteiger partial charge in [0.05, 0.1) is 12.6 Å². The van der Waals surface area contributed by atoms with Crippen LogP contribution in [0.4, 0.5) is 10.7 Å². The average Bonchev–Trinajstić information content (AvgIpc) is 3.01. The van der Waals surface area contributed by atoms with Crippen LogP contribution in [0.15, 0.2) is 12.7 Å². The predicted octanol–water partition coefficient (Wildman–Crippen LogP) is -0.280. The van der Waals surface area contributed by atoms with Gasteiger partial charge in [-0.3, -0.25) is 9.30 Å². The number of nitrogen functional groups attached to an aromatic ring is 1. The van der Waals surface area contributed by atoms with E-state index in [2.05, 4.69) is 15.0 Å². The number of ether oxygens (including phenoxy) is 1. The molecule has 10 nitrogen and oxygen atoms in total. The Morgan fingerprint density at radius 2 is 2.04 bits per heavy atom. The second-order valence-corrected chi connectivity index (χ2v) is 6.69. The van der Waals surface area contributed by atoms with Gasteiger partial charge in [0.15, 0.2) is 5.65 Å². The highest BCUT2D eigenvalue weighted by Gasteiger charge is 2.46. The second-order valence-electron chi connectivity index (χ2n) is 6.69. The van der Waals surface area contributed by atoms with E-state index >= 15 is 0 Å². The molecule has 3 atom stereocenters. The van der Waals surface area contributed by atoms with Crippen molar-refractivity contribution in [2.75, 3.05) is 12.3 Å². The topological polar surface area (TPSA) is 139 Å². The molecule has 3 rings (SSSR count). The maximum absolute atomic E-state index is 12.5. The van der Waals surface area contributed by atoms with Crippen LogP contribution >= 0.6 is 0 Å². The van der Waals surface area contributed by atoms with Crippen LogP contribution in [0.2, 0.25) is 0 Å². The molecular weight excluding hydrogens is 316 g/mol. The van der Waals surface area contributed by atoms with Crippen LogP contribution in [-0.4, -0.2) is 64.9 Å². The van der Waals surface area contributed by atoms with Crippen LogP contribution in [0.25, 0.3) is 5.65 Å². The van der Waals surface area contributed by atoms with Gasteiger partial charge in [-0.25, -0.2) is 19.7 Å². The molecule has 0 unspecified atom stereocenters. The summed E-state index contributed by atoms with van der Waals surface area (Å²) >= 11 is 0. The number of aromatic nitrogens is 4. The van der Waals surface area contributed by atoms with Gasteiger partial charge in [-0.2, -0.15) is 0 Å². The van der Waals surface area contributed by atoms with Crippen molar-refractivity contribution in [2.24, 2.45) is 0 Å². The Morgan fingerprint density at radius 1 is 1.33 bits per heavy atom. The summed E-state index contributed by atoms with van der Waals surface area (Å²) in [5, 5.41) is 20.4. The minimum absolute atomic E-state index is 0.0691. The number of amides is 1. The number of imidazole rings is 1. The summed E-state index contributed by atoms with van der Waals surface area (Å²) in [5.41, 5.74) is 5.73. The van der Waals surface area contributed by atoms with E-state index in [1.807, 2.05) is 0 Å². The van der Waals surface area contributed by atoms with Crippen molar-refractivity contribution in [3.63, 3.8) is 0 Å². The number of hydrogen-bond donors (Lipinski definition) is 3. The maximum Gasteiger partial charge on any atom is 0.411 e. The number of aliphatic hydroxyl groups excluding tert-OH is 2. The van der Waals surface area contributed by atoms with E-state index < -0.39 is 29.9 Å². The summed E-state index contributed by atoms with van der Waals surface area (Å²) in [6.45, 7) is 5.15. The lowest BCUT2D eigenvalue weighted by Crippen LogP contribution is -2.38. The first-order chi connectivity index (χ1) is 11.2.